The van der Waals surface area contributed by atoms with E-state index in [4.69, 9.17) is 9.47 Å². The van der Waals surface area contributed by atoms with E-state index in [2.05, 4.69) is 4.98 Å². The number of methoxy groups -OCH3 is 1. The summed E-state index contributed by atoms with van der Waals surface area (Å²) in [6.07, 6.45) is 0. The van der Waals surface area contributed by atoms with Crippen LogP contribution in [0.1, 0.15) is 27.6 Å². The van der Waals surface area contributed by atoms with Crippen LogP contribution in [-0.4, -0.2) is 22.6 Å². The Bertz CT molecular complexity index is 1200. The lowest BCUT2D eigenvalue weighted by atomic mass is 10.1. The molecule has 0 saturated carbocycles. The molecule has 4 aromatic rings. The van der Waals surface area contributed by atoms with Crippen LogP contribution in [0.5, 0.6) is 0 Å². The minimum absolute atomic E-state index is 0.0148. The van der Waals surface area contributed by atoms with Crippen LogP contribution in [0.2, 0.25) is 0 Å². The van der Waals surface area contributed by atoms with Gasteiger partial charge < -0.3 is 9.47 Å². The molecule has 2 heterocycles. The van der Waals surface area contributed by atoms with Crippen molar-refractivity contribution in [2.24, 2.45) is 0 Å². The molecule has 9 heteroatoms. The Kier molecular flexibility index (Phi) is 5.25. The summed E-state index contributed by atoms with van der Waals surface area (Å²) in [5.74, 6) is -1.29. The molecule has 4 rings (SSSR count). The Labute approximate surface area is 167 Å². The van der Waals surface area contributed by atoms with E-state index in [0.29, 0.717) is 21.2 Å². The Balaban J connectivity index is 1.66. The number of alkyl halides is 2. The molecule has 0 aliphatic rings. The van der Waals surface area contributed by atoms with E-state index >= 15 is 0 Å². The second kappa shape index (κ2) is 7.84. The summed E-state index contributed by atoms with van der Waals surface area (Å²) in [5, 5.41) is 0.297. The molecule has 0 amide bonds. The molecule has 0 N–H and O–H groups in total. The number of imidazole rings is 1. The molecule has 0 radical (unpaired) electrons. The number of thiophene rings is 1. The second-order valence-corrected chi connectivity index (χ2v) is 7.25. The van der Waals surface area contributed by atoms with Crippen LogP contribution in [0.15, 0.2) is 42.5 Å². The number of carbonyl (C=O) groups is 1. The van der Waals surface area contributed by atoms with Gasteiger partial charge in [-0.1, -0.05) is 18.2 Å². The number of rotatable bonds is 6. The van der Waals surface area contributed by atoms with Gasteiger partial charge >= 0.3 is 12.5 Å². The zero-order valence-electron chi connectivity index (χ0n) is 15.2. The number of nitrogens with zero attached hydrogens (tertiary/aromatic N) is 2. The zero-order valence-corrected chi connectivity index (χ0v) is 16.0. The standard InChI is InChI=1S/C20H15F3N2O3S/c1-27-9-11-17-12(21)5-4-8-15(17)29-18(11)19(26)28-10-16-24-13-6-2-3-7-14(13)25(16)20(22)23/h2-8,20H,9-10H2,1H3. The largest absolute Gasteiger partial charge is 0.453 e. The van der Waals surface area contributed by atoms with Crippen LogP contribution in [0.4, 0.5) is 13.2 Å². The highest BCUT2D eigenvalue weighted by Crippen LogP contribution is 2.34. The zero-order chi connectivity index (χ0) is 20.5. The normalized spacial score (nSPS) is 11.6. The van der Waals surface area contributed by atoms with Crippen LogP contribution >= 0.6 is 11.3 Å². The van der Waals surface area contributed by atoms with Gasteiger partial charge in [-0.3, -0.25) is 4.57 Å². The molecule has 0 bridgehead atoms. The van der Waals surface area contributed by atoms with Crippen molar-refractivity contribution in [1.82, 2.24) is 9.55 Å². The Morgan fingerprint density at radius 2 is 1.97 bits per heavy atom. The Morgan fingerprint density at radius 1 is 1.17 bits per heavy atom. The number of aromatic nitrogens is 2. The van der Waals surface area contributed by atoms with E-state index in [-0.39, 0.29) is 22.8 Å². The fraction of sp³-hybridized carbons (Fsp3) is 0.200. The summed E-state index contributed by atoms with van der Waals surface area (Å²) in [6, 6.07) is 11.0. The Hall–Kier alpha value is -2.91. The third kappa shape index (κ3) is 3.47. The SMILES string of the molecule is COCc1c(C(=O)OCc2nc3ccccc3n2C(F)F)sc2cccc(F)c12. The molecule has 29 heavy (non-hydrogen) atoms. The van der Waals surface area contributed by atoms with Gasteiger partial charge in [-0.05, 0) is 24.3 Å². The lowest BCUT2D eigenvalue weighted by Crippen LogP contribution is -2.11. The fourth-order valence-electron chi connectivity index (χ4n) is 3.22. The number of halogens is 3. The highest BCUT2D eigenvalue weighted by atomic mass is 32.1. The first-order chi connectivity index (χ1) is 14.0. The molecule has 2 aromatic carbocycles. The lowest BCUT2D eigenvalue weighted by Gasteiger charge is -2.09. The summed E-state index contributed by atoms with van der Waals surface area (Å²) in [4.78, 5) is 17.0. The van der Waals surface area contributed by atoms with Crippen LogP contribution in [0, 0.1) is 5.82 Å². The number of hydrogen-bond acceptors (Lipinski definition) is 5. The van der Waals surface area contributed by atoms with E-state index in [1.807, 2.05) is 0 Å². The molecular weight excluding hydrogens is 405 g/mol. The third-order valence-corrected chi connectivity index (χ3v) is 5.61. The summed E-state index contributed by atoms with van der Waals surface area (Å²) in [5.41, 5.74) is 0.998. The van der Waals surface area contributed by atoms with Crippen molar-refractivity contribution in [3.05, 3.63) is 64.5 Å². The van der Waals surface area contributed by atoms with Crippen molar-refractivity contribution in [2.45, 2.75) is 19.8 Å². The summed E-state index contributed by atoms with van der Waals surface area (Å²) >= 11 is 1.07. The number of ether oxygens (including phenoxy) is 2. The smallest absolute Gasteiger partial charge is 0.349 e. The van der Waals surface area contributed by atoms with E-state index in [9.17, 15) is 18.0 Å². The molecule has 0 aliphatic carbocycles. The van der Waals surface area contributed by atoms with Gasteiger partial charge in [-0.15, -0.1) is 11.3 Å². The predicted molar refractivity (Wildman–Crippen MR) is 103 cm³/mol. The van der Waals surface area contributed by atoms with Crippen molar-refractivity contribution < 1.29 is 27.4 Å². The first-order valence-corrected chi connectivity index (χ1v) is 9.43. The van der Waals surface area contributed by atoms with E-state index < -0.39 is 24.9 Å². The van der Waals surface area contributed by atoms with Crippen LogP contribution in [0.3, 0.4) is 0 Å². The van der Waals surface area contributed by atoms with Crippen LogP contribution in [-0.2, 0) is 22.7 Å². The molecule has 0 atom stereocenters. The molecule has 0 spiro atoms. The quantitative estimate of drug-likeness (QED) is 0.398. The van der Waals surface area contributed by atoms with Crippen molar-refractivity contribution >= 4 is 38.4 Å². The number of hydrogen-bond donors (Lipinski definition) is 0. The highest BCUT2D eigenvalue weighted by Gasteiger charge is 2.24. The number of fused-ring (bicyclic) bond motifs is 2. The molecule has 0 fully saturated rings. The van der Waals surface area contributed by atoms with Gasteiger partial charge in [0.25, 0.3) is 0 Å². The predicted octanol–water partition coefficient (Wildman–Crippen LogP) is 5.29. The maximum atomic E-state index is 14.3. The second-order valence-electron chi connectivity index (χ2n) is 6.20. The van der Waals surface area contributed by atoms with Gasteiger partial charge in [0.2, 0.25) is 0 Å². The number of para-hydroxylation sites is 2. The van der Waals surface area contributed by atoms with Crippen LogP contribution < -0.4 is 0 Å². The molecule has 0 aliphatic heterocycles. The minimum atomic E-state index is -2.83. The number of carbonyl (C=O) groups excluding carboxylic acids is 1. The molecule has 0 unspecified atom stereocenters. The van der Waals surface area contributed by atoms with Gasteiger partial charge in [0.05, 0.1) is 17.6 Å². The number of benzene rings is 2. The van der Waals surface area contributed by atoms with Gasteiger partial charge in [-0.25, -0.2) is 14.2 Å². The average molecular weight is 420 g/mol. The summed E-state index contributed by atoms with van der Waals surface area (Å²) < 4.78 is 53.0. The first kappa shape index (κ1) is 19.4. The van der Waals surface area contributed by atoms with Crippen molar-refractivity contribution in [2.75, 3.05) is 7.11 Å². The maximum Gasteiger partial charge on any atom is 0.349 e. The molecule has 2 aromatic heterocycles. The minimum Gasteiger partial charge on any atom is -0.453 e. The van der Waals surface area contributed by atoms with E-state index in [0.717, 1.165) is 15.9 Å². The highest BCUT2D eigenvalue weighted by molar-refractivity contribution is 7.21. The first-order valence-electron chi connectivity index (χ1n) is 8.61. The van der Waals surface area contributed by atoms with Gasteiger partial charge in [-0.2, -0.15) is 8.78 Å². The van der Waals surface area contributed by atoms with Crippen molar-refractivity contribution in [3.63, 3.8) is 0 Å². The van der Waals surface area contributed by atoms with Crippen molar-refractivity contribution in [3.8, 4) is 0 Å². The summed E-state index contributed by atoms with van der Waals surface area (Å²) in [7, 11) is 1.43. The van der Waals surface area contributed by atoms with Crippen molar-refractivity contribution in [1.29, 1.82) is 0 Å². The molecular formula is C20H15F3N2O3S. The average Bonchev–Trinajstić information content (AvgIpc) is 3.25. The van der Waals surface area contributed by atoms with E-state index in [1.165, 1.54) is 19.2 Å². The molecule has 5 nitrogen and oxygen atoms in total. The topological polar surface area (TPSA) is 53.4 Å². The summed E-state index contributed by atoms with van der Waals surface area (Å²) in [6.45, 7) is -3.26. The number of esters is 1. The van der Waals surface area contributed by atoms with Gasteiger partial charge in [0.1, 0.15) is 17.3 Å². The monoisotopic (exact) mass is 420 g/mol. The van der Waals surface area contributed by atoms with Gasteiger partial charge in [0.15, 0.2) is 5.82 Å². The molecule has 0 saturated heterocycles. The Morgan fingerprint density at radius 3 is 2.72 bits per heavy atom. The van der Waals surface area contributed by atoms with Gasteiger partial charge in [0, 0.05) is 22.8 Å². The van der Waals surface area contributed by atoms with Crippen LogP contribution in [0.25, 0.3) is 21.1 Å². The molecule has 150 valence electrons. The maximum absolute atomic E-state index is 14.3. The third-order valence-electron chi connectivity index (χ3n) is 4.43. The van der Waals surface area contributed by atoms with E-state index in [1.54, 1.807) is 30.3 Å². The fourth-order valence-corrected chi connectivity index (χ4v) is 4.34. The lowest BCUT2D eigenvalue weighted by molar-refractivity contribution is 0.0389.